The van der Waals surface area contributed by atoms with Crippen LogP contribution in [0.25, 0.3) is 0 Å². The zero-order valence-electron chi connectivity index (χ0n) is 14.5. The monoisotopic (exact) mass is 331 g/mol. The van der Waals surface area contributed by atoms with Gasteiger partial charge in [0.15, 0.2) is 0 Å². The van der Waals surface area contributed by atoms with E-state index >= 15 is 0 Å². The van der Waals surface area contributed by atoms with Gasteiger partial charge >= 0.3 is 6.03 Å². The standard InChI is InChI=1S/C17H25N5O2/c1-4-24-16-11-15(6-8-18-16)12-20-17(23)19-7-5-9-22-14(3)10-13(2)21-22/h6,8,10-11H,4-5,7,9,12H2,1-3H3,(H2,19,20,23). The molecule has 0 aliphatic heterocycles. The van der Waals surface area contributed by atoms with Gasteiger partial charge in [-0.15, -0.1) is 0 Å². The lowest BCUT2D eigenvalue weighted by Gasteiger charge is -2.09. The summed E-state index contributed by atoms with van der Waals surface area (Å²) in [4.78, 5) is 15.9. The normalized spacial score (nSPS) is 10.5. The van der Waals surface area contributed by atoms with Crippen LogP contribution in [0.1, 0.15) is 30.3 Å². The molecule has 0 bridgehead atoms. The van der Waals surface area contributed by atoms with Crippen molar-refractivity contribution in [3.8, 4) is 5.88 Å². The molecule has 2 aromatic rings. The third-order valence-electron chi connectivity index (χ3n) is 3.48. The number of aromatic nitrogens is 3. The Morgan fingerprint density at radius 3 is 2.83 bits per heavy atom. The quantitative estimate of drug-likeness (QED) is 0.727. The maximum absolute atomic E-state index is 11.8. The van der Waals surface area contributed by atoms with Gasteiger partial charge in [0.1, 0.15) is 0 Å². The van der Waals surface area contributed by atoms with Crippen LogP contribution in [0.2, 0.25) is 0 Å². The zero-order valence-corrected chi connectivity index (χ0v) is 14.5. The Labute approximate surface area is 142 Å². The number of carbonyl (C=O) groups is 1. The predicted octanol–water partition coefficient (Wildman–Crippen LogP) is 2.18. The Balaban J connectivity index is 1.66. The lowest BCUT2D eigenvalue weighted by molar-refractivity contribution is 0.240. The minimum absolute atomic E-state index is 0.182. The summed E-state index contributed by atoms with van der Waals surface area (Å²) in [5, 5.41) is 10.1. The molecule has 0 radical (unpaired) electrons. The van der Waals surface area contributed by atoms with E-state index in [-0.39, 0.29) is 6.03 Å². The van der Waals surface area contributed by atoms with Crippen LogP contribution in [0.15, 0.2) is 24.4 Å². The number of rotatable bonds is 8. The number of pyridine rings is 1. The second-order valence-electron chi connectivity index (χ2n) is 5.55. The Morgan fingerprint density at radius 1 is 1.29 bits per heavy atom. The van der Waals surface area contributed by atoms with E-state index in [2.05, 4.69) is 20.7 Å². The van der Waals surface area contributed by atoms with E-state index in [1.807, 2.05) is 43.7 Å². The summed E-state index contributed by atoms with van der Waals surface area (Å²) >= 11 is 0. The average molecular weight is 331 g/mol. The molecule has 0 unspecified atom stereocenters. The van der Waals surface area contributed by atoms with Crippen molar-refractivity contribution >= 4 is 6.03 Å². The first kappa shape index (κ1) is 17.8. The van der Waals surface area contributed by atoms with Crippen LogP contribution in [0.3, 0.4) is 0 Å². The number of urea groups is 1. The average Bonchev–Trinajstić information content (AvgIpc) is 2.88. The van der Waals surface area contributed by atoms with Gasteiger partial charge in [-0.25, -0.2) is 9.78 Å². The lowest BCUT2D eigenvalue weighted by atomic mass is 10.2. The smallest absolute Gasteiger partial charge is 0.315 e. The lowest BCUT2D eigenvalue weighted by Crippen LogP contribution is -2.35. The third kappa shape index (κ3) is 5.57. The van der Waals surface area contributed by atoms with Gasteiger partial charge in [0.2, 0.25) is 5.88 Å². The summed E-state index contributed by atoms with van der Waals surface area (Å²) in [5.41, 5.74) is 3.10. The van der Waals surface area contributed by atoms with Gasteiger partial charge < -0.3 is 15.4 Å². The van der Waals surface area contributed by atoms with Crippen LogP contribution in [-0.2, 0) is 13.1 Å². The SMILES string of the molecule is CCOc1cc(CNC(=O)NCCCn2nc(C)cc2C)ccn1. The van der Waals surface area contributed by atoms with Gasteiger partial charge in [0.25, 0.3) is 0 Å². The van der Waals surface area contributed by atoms with E-state index < -0.39 is 0 Å². The number of carbonyl (C=O) groups excluding carboxylic acids is 1. The molecule has 0 saturated carbocycles. The summed E-state index contributed by atoms with van der Waals surface area (Å²) in [6.07, 6.45) is 2.51. The van der Waals surface area contributed by atoms with Crippen molar-refractivity contribution in [3.63, 3.8) is 0 Å². The zero-order chi connectivity index (χ0) is 17.4. The highest BCUT2D eigenvalue weighted by Gasteiger charge is 2.03. The number of ether oxygens (including phenoxy) is 1. The van der Waals surface area contributed by atoms with E-state index in [1.54, 1.807) is 6.20 Å². The number of hydrogen-bond acceptors (Lipinski definition) is 4. The Kier molecular flexibility index (Phi) is 6.60. The van der Waals surface area contributed by atoms with Crippen LogP contribution < -0.4 is 15.4 Å². The second-order valence-corrected chi connectivity index (χ2v) is 5.55. The third-order valence-corrected chi connectivity index (χ3v) is 3.48. The summed E-state index contributed by atoms with van der Waals surface area (Å²) in [5.74, 6) is 0.571. The molecule has 0 atom stereocenters. The number of aryl methyl sites for hydroxylation is 3. The van der Waals surface area contributed by atoms with Crippen LogP contribution in [0, 0.1) is 13.8 Å². The second kappa shape index (κ2) is 8.90. The molecule has 0 aliphatic rings. The van der Waals surface area contributed by atoms with Crippen molar-refractivity contribution in [2.45, 2.75) is 40.3 Å². The fourth-order valence-corrected chi connectivity index (χ4v) is 2.36. The van der Waals surface area contributed by atoms with Crippen molar-refractivity contribution in [3.05, 3.63) is 41.3 Å². The molecule has 7 nitrogen and oxygen atoms in total. The van der Waals surface area contributed by atoms with Crippen LogP contribution in [-0.4, -0.2) is 33.9 Å². The predicted molar refractivity (Wildman–Crippen MR) is 92.0 cm³/mol. The Bertz CT molecular complexity index is 669. The maximum atomic E-state index is 11.8. The molecule has 0 aromatic carbocycles. The first-order chi connectivity index (χ1) is 11.6. The van der Waals surface area contributed by atoms with Gasteiger partial charge in [-0.1, -0.05) is 0 Å². The van der Waals surface area contributed by atoms with Crippen molar-refractivity contribution < 1.29 is 9.53 Å². The first-order valence-electron chi connectivity index (χ1n) is 8.19. The number of hydrogen-bond donors (Lipinski definition) is 2. The van der Waals surface area contributed by atoms with E-state index in [9.17, 15) is 4.79 Å². The minimum Gasteiger partial charge on any atom is -0.478 e. The number of nitrogens with zero attached hydrogens (tertiary/aromatic N) is 3. The number of nitrogens with one attached hydrogen (secondary N) is 2. The van der Waals surface area contributed by atoms with Crippen molar-refractivity contribution in [2.75, 3.05) is 13.2 Å². The molecular weight excluding hydrogens is 306 g/mol. The molecule has 0 fully saturated rings. The van der Waals surface area contributed by atoms with E-state index in [4.69, 9.17) is 4.74 Å². The molecular formula is C17H25N5O2. The van der Waals surface area contributed by atoms with E-state index in [1.165, 1.54) is 0 Å². The minimum atomic E-state index is -0.182. The topological polar surface area (TPSA) is 81.1 Å². The van der Waals surface area contributed by atoms with Crippen molar-refractivity contribution in [1.29, 1.82) is 0 Å². The van der Waals surface area contributed by atoms with Crippen molar-refractivity contribution in [2.24, 2.45) is 0 Å². The summed E-state index contributed by atoms with van der Waals surface area (Å²) in [7, 11) is 0. The highest BCUT2D eigenvalue weighted by atomic mass is 16.5. The highest BCUT2D eigenvalue weighted by Crippen LogP contribution is 2.08. The summed E-state index contributed by atoms with van der Waals surface area (Å²) < 4.78 is 7.30. The molecule has 2 aromatic heterocycles. The molecule has 2 heterocycles. The van der Waals surface area contributed by atoms with Crippen LogP contribution in [0.4, 0.5) is 4.79 Å². The molecule has 24 heavy (non-hydrogen) atoms. The number of amides is 2. The fraction of sp³-hybridized carbons (Fsp3) is 0.471. The van der Waals surface area contributed by atoms with Gasteiger partial charge in [-0.05, 0) is 44.9 Å². The molecule has 2 amide bonds. The van der Waals surface area contributed by atoms with Crippen LogP contribution in [0.5, 0.6) is 5.88 Å². The van der Waals surface area contributed by atoms with Crippen LogP contribution >= 0.6 is 0 Å². The first-order valence-corrected chi connectivity index (χ1v) is 8.19. The highest BCUT2D eigenvalue weighted by molar-refractivity contribution is 5.73. The van der Waals surface area contributed by atoms with Gasteiger partial charge in [0, 0.05) is 37.6 Å². The molecule has 0 spiro atoms. The Morgan fingerprint density at radius 2 is 2.12 bits per heavy atom. The molecule has 0 aliphatic carbocycles. The van der Waals surface area contributed by atoms with E-state index in [0.29, 0.717) is 25.6 Å². The van der Waals surface area contributed by atoms with Crippen molar-refractivity contribution in [1.82, 2.24) is 25.4 Å². The molecule has 7 heteroatoms. The molecule has 2 N–H and O–H groups in total. The van der Waals surface area contributed by atoms with Gasteiger partial charge in [0.05, 0.1) is 12.3 Å². The fourth-order valence-electron chi connectivity index (χ4n) is 2.36. The van der Waals surface area contributed by atoms with Gasteiger partial charge in [-0.2, -0.15) is 5.10 Å². The molecule has 0 saturated heterocycles. The largest absolute Gasteiger partial charge is 0.478 e. The Hall–Kier alpha value is -2.57. The maximum Gasteiger partial charge on any atom is 0.315 e. The summed E-state index contributed by atoms with van der Waals surface area (Å²) in [6, 6.07) is 5.54. The molecule has 130 valence electrons. The summed E-state index contributed by atoms with van der Waals surface area (Å²) in [6.45, 7) is 8.32. The van der Waals surface area contributed by atoms with E-state index in [0.717, 1.165) is 29.9 Å². The van der Waals surface area contributed by atoms with Gasteiger partial charge in [-0.3, -0.25) is 4.68 Å². The molecule has 2 rings (SSSR count).